The van der Waals surface area contributed by atoms with E-state index in [-0.39, 0.29) is 17.6 Å². The molecule has 0 aromatic heterocycles. The highest BCUT2D eigenvalue weighted by molar-refractivity contribution is 5.98. The number of anilines is 1. The van der Waals surface area contributed by atoms with Crippen LogP contribution < -0.4 is 5.32 Å². The quantitative estimate of drug-likeness (QED) is 0.803. The molecule has 1 aliphatic rings. The average Bonchev–Trinajstić information content (AvgIpc) is 2.38. The minimum atomic E-state index is -0.230. The molecular formula is C15H13NO2. The van der Waals surface area contributed by atoms with Gasteiger partial charge in [0, 0.05) is 5.69 Å². The Hall–Kier alpha value is -2.29. The lowest BCUT2D eigenvalue weighted by Gasteiger charge is -2.24. The number of aromatic hydroxyl groups is 1. The molecule has 1 amide bonds. The zero-order valence-electron chi connectivity index (χ0n) is 9.76. The van der Waals surface area contributed by atoms with Crippen molar-refractivity contribution in [2.24, 2.45) is 0 Å². The number of carbonyl (C=O) groups is 1. The number of phenolic OH excluding ortho intramolecular Hbond substituents is 1. The predicted molar refractivity (Wildman–Crippen MR) is 69.6 cm³/mol. The summed E-state index contributed by atoms with van der Waals surface area (Å²) in [7, 11) is 0. The number of carbonyl (C=O) groups excluding carboxylic acids is 1. The molecule has 2 N–H and O–H groups in total. The van der Waals surface area contributed by atoms with Gasteiger partial charge < -0.3 is 10.4 Å². The number of rotatable bonds is 1. The molecule has 0 saturated heterocycles. The van der Waals surface area contributed by atoms with E-state index in [1.807, 2.05) is 30.3 Å². The average molecular weight is 239 g/mol. The van der Waals surface area contributed by atoms with Crippen molar-refractivity contribution < 1.29 is 9.90 Å². The van der Waals surface area contributed by atoms with Crippen LogP contribution in [0.2, 0.25) is 0 Å². The maximum atomic E-state index is 12.1. The highest BCUT2D eigenvalue weighted by atomic mass is 16.3. The zero-order chi connectivity index (χ0) is 12.5. The number of nitrogens with one attached hydrogen (secondary N) is 1. The molecule has 0 fully saturated rings. The first-order valence-electron chi connectivity index (χ1n) is 5.92. The number of hydrogen-bond donors (Lipinski definition) is 2. The van der Waals surface area contributed by atoms with Crippen molar-refractivity contribution >= 4 is 11.6 Å². The predicted octanol–water partition coefficient (Wildman–Crippen LogP) is 2.67. The van der Waals surface area contributed by atoms with E-state index in [1.54, 1.807) is 18.2 Å². The molecule has 3 rings (SSSR count). The first-order chi connectivity index (χ1) is 8.74. The van der Waals surface area contributed by atoms with Crippen LogP contribution in [0.1, 0.15) is 17.0 Å². The molecule has 0 saturated carbocycles. The van der Waals surface area contributed by atoms with Gasteiger partial charge in [-0.15, -0.1) is 0 Å². The number of para-hydroxylation sites is 1. The topological polar surface area (TPSA) is 49.3 Å². The third-order valence-electron chi connectivity index (χ3n) is 3.29. The molecule has 1 aliphatic heterocycles. The normalized spacial score (nSPS) is 18.0. The summed E-state index contributed by atoms with van der Waals surface area (Å²) in [4.78, 5) is 12.1. The van der Waals surface area contributed by atoms with Crippen molar-refractivity contribution in [2.75, 3.05) is 5.32 Å². The minimum absolute atomic E-state index is 0.0145. The number of phenols is 1. The van der Waals surface area contributed by atoms with E-state index in [0.29, 0.717) is 6.42 Å². The summed E-state index contributed by atoms with van der Waals surface area (Å²) < 4.78 is 0. The third-order valence-corrected chi connectivity index (χ3v) is 3.29. The molecule has 2 aromatic rings. The number of hydrogen-bond acceptors (Lipinski definition) is 2. The van der Waals surface area contributed by atoms with Crippen molar-refractivity contribution in [3.63, 3.8) is 0 Å². The molecule has 0 aliphatic carbocycles. The standard InChI is InChI=1S/C15H13NO2/c17-12-6-3-5-10(8-12)13-9-11-4-1-2-7-14(11)16-15(13)18/h1-8,13,17H,9H2,(H,16,18)/t13-/m1/s1. The van der Waals surface area contributed by atoms with Crippen LogP contribution in [0, 0.1) is 0 Å². The van der Waals surface area contributed by atoms with E-state index in [0.717, 1.165) is 16.8 Å². The molecule has 3 heteroatoms. The summed E-state index contributed by atoms with van der Waals surface area (Å²) in [5.41, 5.74) is 2.87. The van der Waals surface area contributed by atoms with Crippen LogP contribution >= 0.6 is 0 Å². The van der Waals surface area contributed by atoms with Crippen molar-refractivity contribution in [1.82, 2.24) is 0 Å². The van der Waals surface area contributed by atoms with E-state index < -0.39 is 0 Å². The lowest BCUT2D eigenvalue weighted by Crippen LogP contribution is -2.28. The van der Waals surface area contributed by atoms with Gasteiger partial charge in [-0.05, 0) is 35.7 Å². The Morgan fingerprint density at radius 1 is 1.11 bits per heavy atom. The number of fused-ring (bicyclic) bond motifs is 1. The fraction of sp³-hybridized carbons (Fsp3) is 0.133. The molecular weight excluding hydrogens is 226 g/mol. The molecule has 0 spiro atoms. The van der Waals surface area contributed by atoms with E-state index in [2.05, 4.69) is 5.32 Å². The van der Waals surface area contributed by atoms with Gasteiger partial charge in [0.1, 0.15) is 5.75 Å². The van der Waals surface area contributed by atoms with Gasteiger partial charge in [0.15, 0.2) is 0 Å². The fourth-order valence-electron chi connectivity index (χ4n) is 2.36. The van der Waals surface area contributed by atoms with Gasteiger partial charge in [-0.1, -0.05) is 30.3 Å². The van der Waals surface area contributed by atoms with Gasteiger partial charge in [-0.2, -0.15) is 0 Å². The van der Waals surface area contributed by atoms with Crippen molar-refractivity contribution in [2.45, 2.75) is 12.3 Å². The van der Waals surface area contributed by atoms with Crippen LogP contribution in [0.15, 0.2) is 48.5 Å². The van der Waals surface area contributed by atoms with Crippen LogP contribution in [-0.2, 0) is 11.2 Å². The van der Waals surface area contributed by atoms with E-state index in [1.165, 1.54) is 0 Å². The molecule has 18 heavy (non-hydrogen) atoms. The van der Waals surface area contributed by atoms with Crippen LogP contribution in [0.3, 0.4) is 0 Å². The molecule has 0 radical (unpaired) electrons. The summed E-state index contributed by atoms with van der Waals surface area (Å²) in [5.74, 6) is -0.0505. The molecule has 3 nitrogen and oxygen atoms in total. The first kappa shape index (κ1) is 10.8. The van der Waals surface area contributed by atoms with E-state index in [4.69, 9.17) is 0 Å². The second-order valence-corrected chi connectivity index (χ2v) is 4.50. The van der Waals surface area contributed by atoms with Crippen LogP contribution in [0.25, 0.3) is 0 Å². The van der Waals surface area contributed by atoms with E-state index in [9.17, 15) is 9.90 Å². The van der Waals surface area contributed by atoms with Gasteiger partial charge >= 0.3 is 0 Å². The number of benzene rings is 2. The summed E-state index contributed by atoms with van der Waals surface area (Å²) >= 11 is 0. The third kappa shape index (κ3) is 1.84. The second-order valence-electron chi connectivity index (χ2n) is 4.50. The Labute approximate surface area is 105 Å². The Morgan fingerprint density at radius 3 is 2.78 bits per heavy atom. The Kier molecular flexibility index (Phi) is 2.52. The summed E-state index contributed by atoms with van der Waals surface area (Å²) in [6, 6.07) is 14.7. The zero-order valence-corrected chi connectivity index (χ0v) is 9.76. The van der Waals surface area contributed by atoms with E-state index >= 15 is 0 Å². The summed E-state index contributed by atoms with van der Waals surface area (Å²) in [6.45, 7) is 0. The molecule has 1 heterocycles. The Bertz CT molecular complexity index is 607. The van der Waals surface area contributed by atoms with Crippen molar-refractivity contribution in [3.8, 4) is 5.75 Å². The van der Waals surface area contributed by atoms with Crippen molar-refractivity contribution in [3.05, 3.63) is 59.7 Å². The second kappa shape index (κ2) is 4.18. The van der Waals surface area contributed by atoms with Crippen LogP contribution in [-0.4, -0.2) is 11.0 Å². The molecule has 1 atom stereocenters. The summed E-state index contributed by atoms with van der Waals surface area (Å²) in [6.07, 6.45) is 0.672. The minimum Gasteiger partial charge on any atom is -0.508 e. The lowest BCUT2D eigenvalue weighted by atomic mass is 9.87. The van der Waals surface area contributed by atoms with Gasteiger partial charge in [0.2, 0.25) is 5.91 Å². The molecule has 2 aromatic carbocycles. The van der Waals surface area contributed by atoms with Gasteiger partial charge in [-0.25, -0.2) is 0 Å². The van der Waals surface area contributed by atoms with Gasteiger partial charge in [-0.3, -0.25) is 4.79 Å². The number of amides is 1. The smallest absolute Gasteiger partial charge is 0.232 e. The van der Waals surface area contributed by atoms with Gasteiger partial charge in [0.25, 0.3) is 0 Å². The monoisotopic (exact) mass is 239 g/mol. The van der Waals surface area contributed by atoms with Crippen molar-refractivity contribution in [1.29, 1.82) is 0 Å². The highest BCUT2D eigenvalue weighted by Gasteiger charge is 2.27. The van der Waals surface area contributed by atoms with Crippen LogP contribution in [0.5, 0.6) is 5.75 Å². The lowest BCUT2D eigenvalue weighted by molar-refractivity contribution is -0.117. The van der Waals surface area contributed by atoms with Gasteiger partial charge in [0.05, 0.1) is 5.92 Å². The Morgan fingerprint density at radius 2 is 1.94 bits per heavy atom. The molecule has 90 valence electrons. The summed E-state index contributed by atoms with van der Waals surface area (Å²) in [5, 5.41) is 12.4. The molecule has 0 bridgehead atoms. The molecule has 0 unspecified atom stereocenters. The fourth-order valence-corrected chi connectivity index (χ4v) is 2.36. The van der Waals surface area contributed by atoms with Crippen LogP contribution in [0.4, 0.5) is 5.69 Å². The Balaban J connectivity index is 1.98. The SMILES string of the molecule is O=C1Nc2ccccc2C[C@@H]1c1cccc(O)c1. The first-order valence-corrected chi connectivity index (χ1v) is 5.92. The highest BCUT2D eigenvalue weighted by Crippen LogP contribution is 2.32. The maximum absolute atomic E-state index is 12.1. The largest absolute Gasteiger partial charge is 0.508 e. The maximum Gasteiger partial charge on any atom is 0.232 e.